The number of rotatable bonds is 2. The summed E-state index contributed by atoms with van der Waals surface area (Å²) in [4.78, 5) is 13.5. The molecular weight excluding hydrogens is 194 g/mol. The van der Waals surface area contributed by atoms with E-state index in [1.54, 1.807) is 0 Å². The Morgan fingerprint density at radius 3 is 2.93 bits per heavy atom. The molecule has 4 nitrogen and oxygen atoms in total. The van der Waals surface area contributed by atoms with Crippen LogP contribution < -0.4 is 0 Å². The molecule has 1 saturated heterocycles. The van der Waals surface area contributed by atoms with Gasteiger partial charge in [0, 0.05) is 32.0 Å². The molecule has 86 valence electrons. The van der Waals surface area contributed by atoms with Gasteiger partial charge in [-0.1, -0.05) is 0 Å². The second-order valence-corrected chi connectivity index (χ2v) is 4.64. The predicted molar refractivity (Wildman–Crippen MR) is 55.6 cm³/mol. The lowest BCUT2D eigenvalue weighted by atomic mass is 10.1. The molecule has 1 aliphatic carbocycles. The Labute approximate surface area is 90.2 Å². The fourth-order valence-corrected chi connectivity index (χ4v) is 2.59. The highest BCUT2D eigenvalue weighted by atomic mass is 16.5. The van der Waals surface area contributed by atoms with Crippen LogP contribution in [0.2, 0.25) is 0 Å². The summed E-state index contributed by atoms with van der Waals surface area (Å²) in [6.45, 7) is 3.74. The van der Waals surface area contributed by atoms with Crippen molar-refractivity contribution in [2.24, 2.45) is 0 Å². The summed E-state index contributed by atoms with van der Waals surface area (Å²) in [6, 6.07) is 0.387. The molecule has 2 rings (SSSR count). The van der Waals surface area contributed by atoms with Crippen LogP contribution in [0.25, 0.3) is 0 Å². The zero-order valence-electron chi connectivity index (χ0n) is 9.19. The van der Waals surface area contributed by atoms with Crippen molar-refractivity contribution in [2.75, 3.05) is 19.7 Å². The molecule has 1 heterocycles. The van der Waals surface area contributed by atoms with Gasteiger partial charge in [-0.25, -0.2) is 0 Å². The number of ether oxygens (including phenoxy) is 1. The number of Topliss-reactive ketones (excluding diaryl/α,β-unsaturated/α-hetero) is 1. The second-order valence-electron chi connectivity index (χ2n) is 4.64. The first-order valence-electron chi connectivity index (χ1n) is 5.71. The minimum Gasteiger partial charge on any atom is -0.394 e. The molecule has 0 radical (unpaired) electrons. The largest absolute Gasteiger partial charge is 0.394 e. The Kier molecular flexibility index (Phi) is 3.38. The summed E-state index contributed by atoms with van der Waals surface area (Å²) < 4.78 is 5.58. The van der Waals surface area contributed by atoms with Gasteiger partial charge in [-0.3, -0.25) is 9.69 Å². The smallest absolute Gasteiger partial charge is 0.134 e. The summed E-state index contributed by atoms with van der Waals surface area (Å²) in [7, 11) is 0. The molecule has 0 aromatic carbocycles. The minimum absolute atomic E-state index is 0.0709. The molecule has 0 aromatic rings. The van der Waals surface area contributed by atoms with E-state index in [2.05, 4.69) is 4.90 Å². The van der Waals surface area contributed by atoms with Gasteiger partial charge in [-0.2, -0.15) is 0 Å². The van der Waals surface area contributed by atoms with E-state index in [0.717, 1.165) is 25.9 Å². The number of aliphatic hydroxyl groups is 1. The molecule has 1 N–H and O–H groups in total. The van der Waals surface area contributed by atoms with E-state index in [1.807, 2.05) is 6.92 Å². The number of hydrogen-bond acceptors (Lipinski definition) is 4. The Bertz CT molecular complexity index is 244. The Morgan fingerprint density at radius 2 is 2.33 bits per heavy atom. The lowest BCUT2D eigenvalue weighted by Crippen LogP contribution is -2.51. The molecule has 0 spiro atoms. The average molecular weight is 213 g/mol. The van der Waals surface area contributed by atoms with E-state index in [-0.39, 0.29) is 18.8 Å². The van der Waals surface area contributed by atoms with Crippen molar-refractivity contribution in [3.8, 4) is 0 Å². The molecular formula is C11H19NO3. The molecule has 0 amide bonds. The highest BCUT2D eigenvalue weighted by Crippen LogP contribution is 2.24. The molecule has 2 fully saturated rings. The summed E-state index contributed by atoms with van der Waals surface area (Å²) >= 11 is 0. The first kappa shape index (κ1) is 11.0. The van der Waals surface area contributed by atoms with Crippen LogP contribution in [0.4, 0.5) is 0 Å². The maximum absolute atomic E-state index is 11.2. The third kappa shape index (κ3) is 2.56. The van der Waals surface area contributed by atoms with Crippen LogP contribution in [-0.2, 0) is 9.53 Å². The van der Waals surface area contributed by atoms with E-state index < -0.39 is 0 Å². The van der Waals surface area contributed by atoms with Crippen molar-refractivity contribution in [1.29, 1.82) is 0 Å². The van der Waals surface area contributed by atoms with Crippen molar-refractivity contribution in [2.45, 2.75) is 44.4 Å². The van der Waals surface area contributed by atoms with Gasteiger partial charge in [0.15, 0.2) is 0 Å². The van der Waals surface area contributed by atoms with E-state index >= 15 is 0 Å². The van der Waals surface area contributed by atoms with Crippen molar-refractivity contribution in [1.82, 2.24) is 4.90 Å². The quantitative estimate of drug-likeness (QED) is 0.711. The zero-order chi connectivity index (χ0) is 10.8. The summed E-state index contributed by atoms with van der Waals surface area (Å²) in [6.07, 6.45) is 2.46. The lowest BCUT2D eigenvalue weighted by Gasteiger charge is -2.39. The number of aliphatic hydroxyl groups excluding tert-OH is 1. The van der Waals surface area contributed by atoms with E-state index in [1.165, 1.54) is 0 Å². The molecule has 4 heteroatoms. The fraction of sp³-hybridized carbons (Fsp3) is 0.909. The number of carbonyl (C=O) groups excluding carboxylic acids is 1. The fourth-order valence-electron chi connectivity index (χ4n) is 2.59. The van der Waals surface area contributed by atoms with Crippen LogP contribution in [0.15, 0.2) is 0 Å². The van der Waals surface area contributed by atoms with Crippen LogP contribution in [0.3, 0.4) is 0 Å². The van der Waals surface area contributed by atoms with Crippen LogP contribution in [0, 0.1) is 0 Å². The van der Waals surface area contributed by atoms with Crippen molar-refractivity contribution in [3.63, 3.8) is 0 Å². The van der Waals surface area contributed by atoms with E-state index in [9.17, 15) is 4.79 Å². The first-order chi connectivity index (χ1) is 7.19. The summed E-state index contributed by atoms with van der Waals surface area (Å²) in [5.74, 6) is 0.375. The van der Waals surface area contributed by atoms with Gasteiger partial charge >= 0.3 is 0 Å². The number of ketones is 1. The van der Waals surface area contributed by atoms with Crippen molar-refractivity contribution >= 4 is 5.78 Å². The molecule has 0 bridgehead atoms. The van der Waals surface area contributed by atoms with Gasteiger partial charge in [-0.05, 0) is 13.3 Å². The third-order valence-corrected chi connectivity index (χ3v) is 3.29. The predicted octanol–water partition coefficient (Wildman–Crippen LogP) is 0.190. The lowest BCUT2D eigenvalue weighted by molar-refractivity contribution is -0.119. The normalized spacial score (nSPS) is 38.5. The molecule has 1 aliphatic heterocycles. The van der Waals surface area contributed by atoms with Crippen molar-refractivity contribution in [3.05, 3.63) is 0 Å². The molecule has 2 aliphatic rings. The Balaban J connectivity index is 1.93. The highest BCUT2D eigenvalue weighted by molar-refractivity contribution is 5.81. The van der Waals surface area contributed by atoms with Gasteiger partial charge in [0.05, 0.1) is 18.8 Å². The maximum atomic E-state index is 11.2. The van der Waals surface area contributed by atoms with Crippen LogP contribution in [-0.4, -0.2) is 53.7 Å². The minimum atomic E-state index is -0.0792. The topological polar surface area (TPSA) is 49.8 Å². The molecule has 3 unspecified atom stereocenters. The van der Waals surface area contributed by atoms with Gasteiger partial charge in [0.25, 0.3) is 0 Å². The van der Waals surface area contributed by atoms with Gasteiger partial charge < -0.3 is 9.84 Å². The number of nitrogens with zero attached hydrogens (tertiary/aromatic N) is 1. The van der Waals surface area contributed by atoms with Crippen LogP contribution >= 0.6 is 0 Å². The zero-order valence-corrected chi connectivity index (χ0v) is 9.19. The second kappa shape index (κ2) is 4.60. The molecule has 3 atom stereocenters. The summed E-state index contributed by atoms with van der Waals surface area (Å²) in [5, 5.41) is 9.10. The highest BCUT2D eigenvalue weighted by Gasteiger charge is 2.33. The van der Waals surface area contributed by atoms with Crippen LogP contribution in [0.5, 0.6) is 0 Å². The van der Waals surface area contributed by atoms with Gasteiger partial charge in [0.2, 0.25) is 0 Å². The van der Waals surface area contributed by atoms with Gasteiger partial charge in [0.1, 0.15) is 5.78 Å². The SMILES string of the molecule is CC1CN(C2CCC(=O)C2)CC(CO)O1. The molecule has 0 aromatic heterocycles. The Hall–Kier alpha value is -0.450. The standard InChI is InChI=1S/C11H19NO3/c1-8-5-12(6-11(7-13)15-8)9-2-3-10(14)4-9/h8-9,11,13H,2-7H2,1H3. The first-order valence-corrected chi connectivity index (χ1v) is 5.71. The third-order valence-electron chi connectivity index (χ3n) is 3.29. The van der Waals surface area contributed by atoms with Gasteiger partial charge in [-0.15, -0.1) is 0 Å². The molecule has 1 saturated carbocycles. The Morgan fingerprint density at radius 1 is 1.53 bits per heavy atom. The number of carbonyl (C=O) groups is 1. The van der Waals surface area contributed by atoms with Crippen molar-refractivity contribution < 1.29 is 14.6 Å². The number of hydrogen-bond donors (Lipinski definition) is 1. The van der Waals surface area contributed by atoms with E-state index in [0.29, 0.717) is 18.2 Å². The summed E-state index contributed by atoms with van der Waals surface area (Å²) in [5.41, 5.74) is 0. The van der Waals surface area contributed by atoms with Crippen LogP contribution in [0.1, 0.15) is 26.2 Å². The monoisotopic (exact) mass is 213 g/mol. The maximum Gasteiger partial charge on any atom is 0.134 e. The molecule has 15 heavy (non-hydrogen) atoms. The average Bonchev–Trinajstić information content (AvgIpc) is 2.64. The number of morpholine rings is 1. The van der Waals surface area contributed by atoms with E-state index in [4.69, 9.17) is 9.84 Å².